The number of methoxy groups -OCH3 is 1. The molecule has 1 amide bonds. The van der Waals surface area contributed by atoms with Gasteiger partial charge in [0.15, 0.2) is 0 Å². The fourth-order valence-electron chi connectivity index (χ4n) is 2.95. The molecule has 0 aromatic heterocycles. The Kier molecular flexibility index (Phi) is 5.42. The van der Waals surface area contributed by atoms with Gasteiger partial charge in [-0.2, -0.15) is 0 Å². The molecule has 0 atom stereocenters. The van der Waals surface area contributed by atoms with E-state index in [0.717, 1.165) is 22.1 Å². The highest BCUT2D eigenvalue weighted by atomic mass is 16.5. The van der Waals surface area contributed by atoms with Crippen LogP contribution in [0.25, 0.3) is 10.8 Å². The van der Waals surface area contributed by atoms with Gasteiger partial charge in [-0.05, 0) is 48.4 Å². The summed E-state index contributed by atoms with van der Waals surface area (Å²) in [5.74, 6) is 1.24. The third-order valence-corrected chi connectivity index (χ3v) is 4.29. The van der Waals surface area contributed by atoms with E-state index in [1.54, 1.807) is 7.11 Å². The lowest BCUT2D eigenvalue weighted by molar-refractivity contribution is 0.0944. The van der Waals surface area contributed by atoms with Gasteiger partial charge >= 0.3 is 0 Å². The van der Waals surface area contributed by atoms with E-state index in [9.17, 15) is 4.79 Å². The van der Waals surface area contributed by atoms with Crippen LogP contribution in [-0.2, 0) is 0 Å². The lowest BCUT2D eigenvalue weighted by atomic mass is 10.1. The number of rotatable bonds is 6. The molecule has 0 fully saturated rings. The number of hydrogen-bond acceptors (Lipinski definition) is 3. The average molecular weight is 349 g/mol. The first-order valence-electron chi connectivity index (χ1n) is 8.63. The van der Waals surface area contributed by atoms with Crippen LogP contribution in [0.15, 0.2) is 54.6 Å². The van der Waals surface area contributed by atoms with Gasteiger partial charge in [0.25, 0.3) is 5.91 Å². The molecule has 0 unspecified atom stereocenters. The lowest BCUT2D eigenvalue weighted by Crippen LogP contribution is -2.28. The molecule has 0 aliphatic heterocycles. The Balaban J connectivity index is 1.63. The smallest absolute Gasteiger partial charge is 0.255 e. The molecule has 0 heterocycles. The standard InChI is InChI=1S/C22H23NO3/c1-15-8-9-20(16(2)12-15)26-11-10-23-22(24)19-13-17-6-4-5-7-18(17)14-21(19)25-3/h4-9,12-14H,10-11H2,1-3H3,(H,23,24). The number of aryl methyl sites for hydroxylation is 2. The fourth-order valence-corrected chi connectivity index (χ4v) is 2.95. The summed E-state index contributed by atoms with van der Waals surface area (Å²) in [7, 11) is 1.57. The van der Waals surface area contributed by atoms with Crippen LogP contribution < -0.4 is 14.8 Å². The molecule has 0 aliphatic carbocycles. The van der Waals surface area contributed by atoms with Crippen molar-refractivity contribution in [2.24, 2.45) is 0 Å². The second-order valence-electron chi connectivity index (χ2n) is 6.27. The fraction of sp³-hybridized carbons (Fsp3) is 0.227. The van der Waals surface area contributed by atoms with Crippen LogP contribution in [0, 0.1) is 13.8 Å². The van der Waals surface area contributed by atoms with E-state index in [1.165, 1.54) is 5.56 Å². The van der Waals surface area contributed by atoms with E-state index in [1.807, 2.05) is 62.4 Å². The van der Waals surface area contributed by atoms with Gasteiger partial charge in [-0.1, -0.05) is 42.0 Å². The highest BCUT2D eigenvalue weighted by Gasteiger charge is 2.13. The number of amides is 1. The zero-order chi connectivity index (χ0) is 18.5. The molecule has 4 heteroatoms. The van der Waals surface area contributed by atoms with Gasteiger partial charge in [0.05, 0.1) is 19.2 Å². The van der Waals surface area contributed by atoms with Crippen molar-refractivity contribution in [3.63, 3.8) is 0 Å². The summed E-state index contributed by atoms with van der Waals surface area (Å²) >= 11 is 0. The Morgan fingerprint density at radius 1 is 0.962 bits per heavy atom. The topological polar surface area (TPSA) is 47.6 Å². The maximum absolute atomic E-state index is 12.5. The SMILES string of the molecule is COc1cc2ccccc2cc1C(=O)NCCOc1ccc(C)cc1C. The van der Waals surface area contributed by atoms with E-state index >= 15 is 0 Å². The van der Waals surface area contributed by atoms with E-state index in [2.05, 4.69) is 11.4 Å². The first-order chi connectivity index (χ1) is 12.6. The Hall–Kier alpha value is -3.01. The maximum Gasteiger partial charge on any atom is 0.255 e. The van der Waals surface area contributed by atoms with Crippen LogP contribution in [0.3, 0.4) is 0 Å². The average Bonchev–Trinajstić information content (AvgIpc) is 2.65. The van der Waals surface area contributed by atoms with Crippen molar-refractivity contribution in [3.8, 4) is 11.5 Å². The molecule has 134 valence electrons. The normalized spacial score (nSPS) is 10.6. The number of ether oxygens (including phenoxy) is 2. The summed E-state index contributed by atoms with van der Waals surface area (Å²) in [4.78, 5) is 12.5. The van der Waals surface area contributed by atoms with Crippen molar-refractivity contribution in [2.75, 3.05) is 20.3 Å². The number of nitrogens with one attached hydrogen (secondary N) is 1. The third kappa shape index (κ3) is 3.97. The number of benzene rings is 3. The van der Waals surface area contributed by atoms with Crippen molar-refractivity contribution in [1.82, 2.24) is 5.32 Å². The number of hydrogen-bond donors (Lipinski definition) is 1. The summed E-state index contributed by atoms with van der Waals surface area (Å²) in [6, 6.07) is 17.7. The minimum absolute atomic E-state index is 0.170. The van der Waals surface area contributed by atoms with E-state index in [0.29, 0.717) is 24.5 Å². The maximum atomic E-state index is 12.5. The number of fused-ring (bicyclic) bond motifs is 1. The number of carbonyl (C=O) groups excluding carboxylic acids is 1. The van der Waals surface area contributed by atoms with Crippen LogP contribution in [0.2, 0.25) is 0 Å². The summed E-state index contributed by atoms with van der Waals surface area (Å²) < 4.78 is 11.1. The Morgan fingerprint density at radius 2 is 1.69 bits per heavy atom. The summed E-state index contributed by atoms with van der Waals surface area (Å²) in [5, 5.41) is 4.94. The number of carbonyl (C=O) groups is 1. The molecule has 0 saturated carbocycles. The highest BCUT2D eigenvalue weighted by molar-refractivity contribution is 6.01. The molecule has 26 heavy (non-hydrogen) atoms. The molecule has 4 nitrogen and oxygen atoms in total. The molecule has 0 aliphatic rings. The zero-order valence-corrected chi connectivity index (χ0v) is 15.3. The first-order valence-corrected chi connectivity index (χ1v) is 8.63. The second kappa shape index (κ2) is 7.91. The minimum atomic E-state index is -0.170. The molecule has 3 aromatic carbocycles. The van der Waals surface area contributed by atoms with Crippen LogP contribution in [0.5, 0.6) is 11.5 Å². The Bertz CT molecular complexity index is 934. The van der Waals surface area contributed by atoms with Gasteiger partial charge in [-0.3, -0.25) is 4.79 Å². The molecular formula is C22H23NO3. The second-order valence-corrected chi connectivity index (χ2v) is 6.27. The van der Waals surface area contributed by atoms with Gasteiger partial charge in [0.2, 0.25) is 0 Å². The van der Waals surface area contributed by atoms with E-state index in [-0.39, 0.29) is 5.91 Å². The monoisotopic (exact) mass is 349 g/mol. The summed E-state index contributed by atoms with van der Waals surface area (Å²) in [6.45, 7) is 4.89. The van der Waals surface area contributed by atoms with Crippen molar-refractivity contribution >= 4 is 16.7 Å². The molecule has 0 saturated heterocycles. The third-order valence-electron chi connectivity index (χ3n) is 4.29. The van der Waals surface area contributed by atoms with E-state index < -0.39 is 0 Å². The van der Waals surface area contributed by atoms with Gasteiger partial charge in [0, 0.05) is 0 Å². The van der Waals surface area contributed by atoms with Crippen molar-refractivity contribution in [2.45, 2.75) is 13.8 Å². The summed E-state index contributed by atoms with van der Waals surface area (Å²) in [5.41, 5.74) is 2.82. The minimum Gasteiger partial charge on any atom is -0.496 e. The Labute approximate surface area is 153 Å². The van der Waals surface area contributed by atoms with Gasteiger partial charge in [-0.15, -0.1) is 0 Å². The quantitative estimate of drug-likeness (QED) is 0.676. The molecule has 0 radical (unpaired) electrons. The van der Waals surface area contributed by atoms with Crippen molar-refractivity contribution < 1.29 is 14.3 Å². The molecule has 1 N–H and O–H groups in total. The molecular weight excluding hydrogens is 326 g/mol. The van der Waals surface area contributed by atoms with Crippen LogP contribution in [0.1, 0.15) is 21.5 Å². The van der Waals surface area contributed by atoms with Crippen molar-refractivity contribution in [3.05, 3.63) is 71.3 Å². The van der Waals surface area contributed by atoms with Gasteiger partial charge < -0.3 is 14.8 Å². The molecule has 3 rings (SSSR count). The predicted octanol–water partition coefficient (Wildman–Crippen LogP) is 4.27. The molecule has 0 bridgehead atoms. The molecule has 0 spiro atoms. The van der Waals surface area contributed by atoms with E-state index in [4.69, 9.17) is 9.47 Å². The largest absolute Gasteiger partial charge is 0.496 e. The van der Waals surface area contributed by atoms with Gasteiger partial charge in [-0.25, -0.2) is 0 Å². The van der Waals surface area contributed by atoms with Crippen molar-refractivity contribution in [1.29, 1.82) is 0 Å². The predicted molar refractivity (Wildman–Crippen MR) is 104 cm³/mol. The van der Waals surface area contributed by atoms with Crippen LogP contribution in [0.4, 0.5) is 0 Å². The highest BCUT2D eigenvalue weighted by Crippen LogP contribution is 2.26. The zero-order valence-electron chi connectivity index (χ0n) is 15.3. The first kappa shape index (κ1) is 17.8. The van der Waals surface area contributed by atoms with Crippen LogP contribution >= 0.6 is 0 Å². The van der Waals surface area contributed by atoms with Crippen LogP contribution in [-0.4, -0.2) is 26.2 Å². The molecule has 3 aromatic rings. The Morgan fingerprint density at radius 3 is 2.38 bits per heavy atom. The lowest BCUT2D eigenvalue weighted by Gasteiger charge is -2.12. The summed E-state index contributed by atoms with van der Waals surface area (Å²) in [6.07, 6.45) is 0. The van der Waals surface area contributed by atoms with Gasteiger partial charge in [0.1, 0.15) is 18.1 Å².